The van der Waals surface area contributed by atoms with E-state index in [0.29, 0.717) is 36.9 Å². The van der Waals surface area contributed by atoms with Crippen LogP contribution in [0, 0.1) is 28.4 Å². The number of anilines is 1. The summed E-state index contributed by atoms with van der Waals surface area (Å²) in [7, 11) is 1.38. The van der Waals surface area contributed by atoms with Crippen molar-refractivity contribution in [2.75, 3.05) is 25.1 Å². The Morgan fingerprint density at radius 1 is 1.08 bits per heavy atom. The highest BCUT2D eigenvalue weighted by Gasteiger charge is 2.54. The molecule has 1 saturated carbocycles. The van der Waals surface area contributed by atoms with Crippen LogP contribution >= 0.6 is 11.6 Å². The predicted octanol–water partition coefficient (Wildman–Crippen LogP) is 5.21. The maximum atomic E-state index is 14.5. The van der Waals surface area contributed by atoms with Gasteiger partial charge in [-0.3, -0.25) is 9.47 Å². The molecule has 2 aromatic carbocycles. The van der Waals surface area contributed by atoms with Gasteiger partial charge in [-0.15, -0.1) is 10.2 Å². The monoisotopic (exact) mass is 524 g/mol. The first-order valence-corrected chi connectivity index (χ1v) is 12.7. The molecule has 3 heterocycles. The Hall–Kier alpha value is -3.22. The van der Waals surface area contributed by atoms with Crippen LogP contribution in [0.1, 0.15) is 49.8 Å². The number of hydrogen-bond donors (Lipinski definition) is 0. The lowest BCUT2D eigenvalue weighted by Crippen LogP contribution is -2.62. The molecule has 1 spiro atoms. The van der Waals surface area contributed by atoms with E-state index in [4.69, 9.17) is 16.3 Å². The first-order valence-electron chi connectivity index (χ1n) is 12.3. The Kier molecular flexibility index (Phi) is 5.48. The molecule has 1 saturated heterocycles. The van der Waals surface area contributed by atoms with Gasteiger partial charge in [0.15, 0.2) is 17.4 Å². The number of methoxy groups -OCH3 is 1. The number of nitrogens with zero attached hydrogens (tertiary/aromatic N) is 6. The minimum atomic E-state index is -0.700. The maximum absolute atomic E-state index is 14.5. The second kappa shape index (κ2) is 8.40. The van der Waals surface area contributed by atoms with Crippen molar-refractivity contribution in [2.24, 2.45) is 5.41 Å². The van der Waals surface area contributed by atoms with Gasteiger partial charge in [-0.05, 0) is 50.5 Å². The molecule has 0 unspecified atom stereocenters. The minimum absolute atomic E-state index is 0.0439. The molecular weight excluding hydrogens is 498 g/mol. The topological polar surface area (TPSA) is 70.2 Å². The van der Waals surface area contributed by atoms with Gasteiger partial charge >= 0.3 is 0 Å². The van der Waals surface area contributed by atoms with Gasteiger partial charge in [0, 0.05) is 48.1 Å². The van der Waals surface area contributed by atoms with E-state index in [-0.39, 0.29) is 17.1 Å². The van der Waals surface area contributed by atoms with E-state index in [2.05, 4.69) is 25.7 Å². The van der Waals surface area contributed by atoms with Crippen molar-refractivity contribution in [3.63, 3.8) is 0 Å². The third kappa shape index (κ3) is 3.85. The van der Waals surface area contributed by atoms with E-state index in [0.717, 1.165) is 41.8 Å². The summed E-state index contributed by atoms with van der Waals surface area (Å²) in [6, 6.07) is 10.5. The Morgan fingerprint density at radius 3 is 2.54 bits per heavy atom. The smallest absolute Gasteiger partial charge is 0.168 e. The number of aromatic nitrogens is 3. The Morgan fingerprint density at radius 2 is 1.84 bits per heavy atom. The molecule has 3 aromatic rings. The molecule has 2 aliphatic heterocycles. The summed E-state index contributed by atoms with van der Waals surface area (Å²) in [4.78, 5) is 4.04. The van der Waals surface area contributed by atoms with Crippen LogP contribution in [0.2, 0.25) is 5.02 Å². The van der Waals surface area contributed by atoms with Gasteiger partial charge in [0.1, 0.15) is 17.2 Å². The zero-order chi connectivity index (χ0) is 26.1. The van der Waals surface area contributed by atoms with Crippen LogP contribution in [0.3, 0.4) is 0 Å². The molecule has 0 bridgehead atoms. The number of fused-ring (bicyclic) bond motifs is 3. The van der Waals surface area contributed by atoms with Gasteiger partial charge in [0.25, 0.3) is 0 Å². The van der Waals surface area contributed by atoms with Crippen LogP contribution < -0.4 is 9.64 Å². The van der Waals surface area contributed by atoms with E-state index in [9.17, 15) is 14.0 Å². The largest absolute Gasteiger partial charge is 0.494 e. The fourth-order valence-electron chi connectivity index (χ4n) is 6.03. The fraction of sp³-hybridized carbons (Fsp3) is 0.444. The van der Waals surface area contributed by atoms with Crippen molar-refractivity contribution >= 4 is 17.3 Å². The first kappa shape index (κ1) is 24.1. The van der Waals surface area contributed by atoms with Crippen molar-refractivity contribution in [3.8, 4) is 17.5 Å². The third-order valence-corrected chi connectivity index (χ3v) is 8.37. The van der Waals surface area contributed by atoms with Gasteiger partial charge in [-0.1, -0.05) is 11.6 Å². The maximum Gasteiger partial charge on any atom is 0.168 e. The molecule has 2 fully saturated rings. The lowest BCUT2D eigenvalue weighted by molar-refractivity contribution is 0.0582. The molecule has 1 aliphatic carbocycles. The second-order valence-corrected chi connectivity index (χ2v) is 11.4. The lowest BCUT2D eigenvalue weighted by atomic mass is 9.57. The minimum Gasteiger partial charge on any atom is -0.494 e. The number of halogens is 3. The van der Waals surface area contributed by atoms with Gasteiger partial charge in [-0.2, -0.15) is 5.26 Å². The molecule has 3 aliphatic rings. The van der Waals surface area contributed by atoms with E-state index in [1.807, 2.05) is 36.9 Å². The van der Waals surface area contributed by atoms with Crippen molar-refractivity contribution < 1.29 is 13.5 Å². The number of ether oxygens (including phenoxy) is 1. The molecule has 10 heteroatoms. The zero-order valence-electron chi connectivity index (χ0n) is 20.9. The molecule has 0 N–H and O–H groups in total. The average Bonchev–Trinajstić information content (AvgIpc) is 3.13. The van der Waals surface area contributed by atoms with E-state index in [1.54, 1.807) is 0 Å². The SMILES string of the molecule is COc1cc(N2CC3(CC(c4nnc5n4-c4ccc(Cl)cc4CN(C(C)(C)C#N)C5)C3)C2)c(F)cc1F. The molecular formula is C27H27ClF2N6O. The highest BCUT2D eigenvalue weighted by Crippen LogP contribution is 2.57. The average molecular weight is 525 g/mol. The molecule has 1 aromatic heterocycles. The number of rotatable bonds is 4. The fourth-order valence-corrected chi connectivity index (χ4v) is 6.23. The molecule has 0 radical (unpaired) electrons. The number of nitriles is 1. The number of hydrogen-bond acceptors (Lipinski definition) is 6. The summed E-state index contributed by atoms with van der Waals surface area (Å²) in [6.07, 6.45) is 1.83. The molecule has 6 rings (SSSR count). The van der Waals surface area contributed by atoms with Gasteiger partial charge in [-0.25, -0.2) is 8.78 Å². The van der Waals surface area contributed by atoms with Gasteiger partial charge in [0.2, 0.25) is 0 Å². The van der Waals surface area contributed by atoms with Crippen molar-refractivity contribution in [2.45, 2.75) is 51.2 Å². The molecule has 37 heavy (non-hydrogen) atoms. The first-order chi connectivity index (χ1) is 17.6. The number of benzene rings is 2. The molecule has 7 nitrogen and oxygen atoms in total. The van der Waals surface area contributed by atoms with E-state index >= 15 is 0 Å². The second-order valence-electron chi connectivity index (χ2n) is 11.0. The van der Waals surface area contributed by atoms with Crippen LogP contribution in [0.5, 0.6) is 5.75 Å². The van der Waals surface area contributed by atoms with Crippen molar-refractivity contribution in [3.05, 3.63) is 64.2 Å². The summed E-state index contributed by atoms with van der Waals surface area (Å²) in [5, 5.41) is 19.6. The normalized spacial score (nSPS) is 18.9. The summed E-state index contributed by atoms with van der Waals surface area (Å²) < 4.78 is 35.5. The van der Waals surface area contributed by atoms with Crippen LogP contribution in [0.4, 0.5) is 14.5 Å². The van der Waals surface area contributed by atoms with Gasteiger partial charge in [0.05, 0.1) is 31.1 Å². The summed E-state index contributed by atoms with van der Waals surface area (Å²) >= 11 is 6.35. The lowest BCUT2D eigenvalue weighted by Gasteiger charge is -2.59. The Bertz CT molecular complexity index is 1430. The summed E-state index contributed by atoms with van der Waals surface area (Å²) in [6.45, 7) is 6.29. The van der Waals surface area contributed by atoms with Crippen LogP contribution in [-0.4, -0.2) is 45.4 Å². The highest BCUT2D eigenvalue weighted by atomic mass is 35.5. The molecule has 192 valence electrons. The van der Waals surface area contributed by atoms with Crippen molar-refractivity contribution in [1.29, 1.82) is 5.26 Å². The van der Waals surface area contributed by atoms with Crippen LogP contribution in [0.25, 0.3) is 5.69 Å². The van der Waals surface area contributed by atoms with Crippen LogP contribution in [-0.2, 0) is 13.1 Å². The van der Waals surface area contributed by atoms with E-state index < -0.39 is 17.2 Å². The highest BCUT2D eigenvalue weighted by molar-refractivity contribution is 6.30. The predicted molar refractivity (Wildman–Crippen MR) is 135 cm³/mol. The summed E-state index contributed by atoms with van der Waals surface area (Å²) in [5.74, 6) is 0.697. The zero-order valence-corrected chi connectivity index (χ0v) is 21.7. The Labute approximate surface area is 219 Å². The Balaban J connectivity index is 1.25. The molecule has 0 atom stereocenters. The summed E-state index contributed by atoms with van der Waals surface area (Å²) in [5.41, 5.74) is 1.78. The van der Waals surface area contributed by atoms with Crippen LogP contribution in [0.15, 0.2) is 30.3 Å². The van der Waals surface area contributed by atoms with E-state index in [1.165, 1.54) is 13.2 Å². The quantitative estimate of drug-likeness (QED) is 0.466. The van der Waals surface area contributed by atoms with Crippen molar-refractivity contribution in [1.82, 2.24) is 19.7 Å². The molecule has 0 amide bonds. The standard InChI is InChI=1S/C27H27ClF2N6O/c1-26(2,13-31)35-11-16-6-18(28)4-5-21(16)36-24(12-35)32-33-25(36)17-9-27(10-17)14-34(15-27)22-8-23(37-3)20(30)7-19(22)29/h4-8,17H,9-12,14-15H2,1-3H3. The third-order valence-electron chi connectivity index (χ3n) is 8.13. The van der Waals surface area contributed by atoms with Gasteiger partial charge < -0.3 is 9.64 Å².